The van der Waals surface area contributed by atoms with Gasteiger partial charge in [-0.15, -0.1) is 0 Å². The largest absolute Gasteiger partial charge is 0.379 e. The fourth-order valence-corrected chi connectivity index (χ4v) is 4.40. The van der Waals surface area contributed by atoms with Crippen molar-refractivity contribution >= 4 is 23.6 Å². The minimum atomic E-state index is -1.20. The van der Waals surface area contributed by atoms with Crippen molar-refractivity contribution in [2.45, 2.75) is 62.6 Å². The molecule has 5 nitrogen and oxygen atoms in total. The SMILES string of the molecule is O=C(NC1CC1)[C@@H]1CCC[C@@H](NC(=O)[C@]2(O)CCSC2)C1. The second kappa shape index (κ2) is 6.16. The van der Waals surface area contributed by atoms with Crippen molar-refractivity contribution in [3.8, 4) is 0 Å². The van der Waals surface area contributed by atoms with Gasteiger partial charge in [0.1, 0.15) is 0 Å². The number of hydrogen-bond acceptors (Lipinski definition) is 4. The molecular weight excluding hydrogens is 288 g/mol. The summed E-state index contributed by atoms with van der Waals surface area (Å²) >= 11 is 1.62. The molecule has 0 aromatic rings. The van der Waals surface area contributed by atoms with Crippen LogP contribution in [0.1, 0.15) is 44.9 Å². The Bertz CT molecular complexity index is 419. The molecule has 1 heterocycles. The van der Waals surface area contributed by atoms with E-state index in [9.17, 15) is 14.7 Å². The summed E-state index contributed by atoms with van der Waals surface area (Å²) in [7, 11) is 0. The summed E-state index contributed by atoms with van der Waals surface area (Å²) in [4.78, 5) is 24.3. The number of carbonyl (C=O) groups excluding carboxylic acids is 2. The molecule has 2 aliphatic carbocycles. The molecule has 0 bridgehead atoms. The molecule has 0 radical (unpaired) electrons. The van der Waals surface area contributed by atoms with Gasteiger partial charge < -0.3 is 15.7 Å². The molecule has 3 fully saturated rings. The van der Waals surface area contributed by atoms with Crippen molar-refractivity contribution in [1.82, 2.24) is 10.6 Å². The Hall–Kier alpha value is -0.750. The van der Waals surface area contributed by atoms with Gasteiger partial charge in [0.15, 0.2) is 5.60 Å². The van der Waals surface area contributed by atoms with Crippen LogP contribution in [-0.4, -0.2) is 46.1 Å². The highest BCUT2D eigenvalue weighted by atomic mass is 32.2. The molecule has 1 aliphatic heterocycles. The number of aliphatic hydroxyl groups is 1. The van der Waals surface area contributed by atoms with E-state index in [-0.39, 0.29) is 23.8 Å². The lowest BCUT2D eigenvalue weighted by molar-refractivity contribution is -0.139. The summed E-state index contributed by atoms with van der Waals surface area (Å²) < 4.78 is 0. The highest BCUT2D eigenvalue weighted by molar-refractivity contribution is 7.99. The van der Waals surface area contributed by atoms with Gasteiger partial charge in [-0.1, -0.05) is 6.42 Å². The molecule has 0 unspecified atom stereocenters. The van der Waals surface area contributed by atoms with Gasteiger partial charge in [-0.3, -0.25) is 9.59 Å². The molecule has 0 aromatic carbocycles. The predicted octanol–water partition coefficient (Wildman–Crippen LogP) is 0.808. The lowest BCUT2D eigenvalue weighted by Gasteiger charge is -2.31. The van der Waals surface area contributed by atoms with Crippen LogP contribution in [0, 0.1) is 5.92 Å². The zero-order valence-electron chi connectivity index (χ0n) is 12.3. The Morgan fingerprint density at radius 3 is 2.57 bits per heavy atom. The van der Waals surface area contributed by atoms with Gasteiger partial charge in [-0.2, -0.15) is 11.8 Å². The topological polar surface area (TPSA) is 78.4 Å². The van der Waals surface area contributed by atoms with Crippen LogP contribution in [0.3, 0.4) is 0 Å². The van der Waals surface area contributed by atoms with Gasteiger partial charge in [-0.05, 0) is 44.3 Å². The number of nitrogens with one attached hydrogen (secondary N) is 2. The predicted molar refractivity (Wildman–Crippen MR) is 81.9 cm³/mol. The number of thioether (sulfide) groups is 1. The van der Waals surface area contributed by atoms with Crippen LogP contribution in [0.5, 0.6) is 0 Å². The van der Waals surface area contributed by atoms with Gasteiger partial charge in [0, 0.05) is 23.8 Å². The van der Waals surface area contributed by atoms with Crippen LogP contribution < -0.4 is 10.6 Å². The fraction of sp³-hybridized carbons (Fsp3) is 0.867. The van der Waals surface area contributed by atoms with Crippen LogP contribution in [0.15, 0.2) is 0 Å². The minimum Gasteiger partial charge on any atom is -0.379 e. The third kappa shape index (κ3) is 3.72. The Balaban J connectivity index is 1.50. The maximum absolute atomic E-state index is 12.2. The zero-order chi connectivity index (χ0) is 14.9. The maximum atomic E-state index is 12.2. The molecule has 3 atom stereocenters. The van der Waals surface area contributed by atoms with Crippen molar-refractivity contribution in [3.05, 3.63) is 0 Å². The zero-order valence-corrected chi connectivity index (χ0v) is 13.1. The summed E-state index contributed by atoms with van der Waals surface area (Å²) in [6.45, 7) is 0. The fourth-order valence-electron chi connectivity index (χ4n) is 3.16. The van der Waals surface area contributed by atoms with Crippen molar-refractivity contribution in [2.75, 3.05) is 11.5 Å². The average molecular weight is 312 g/mol. The van der Waals surface area contributed by atoms with E-state index in [0.717, 1.165) is 37.9 Å². The lowest BCUT2D eigenvalue weighted by Crippen LogP contribution is -2.52. The standard InChI is InChI=1S/C15H24N2O3S/c18-13(16-11-4-5-11)10-2-1-3-12(8-10)17-14(19)15(20)6-7-21-9-15/h10-12,20H,1-9H2,(H,16,18)(H,17,19)/t10-,12-,15+/m1/s1. The minimum absolute atomic E-state index is 0.0113. The Labute approximate surface area is 129 Å². The summed E-state index contributed by atoms with van der Waals surface area (Å²) in [5, 5.41) is 16.3. The van der Waals surface area contributed by atoms with Crippen LogP contribution in [-0.2, 0) is 9.59 Å². The smallest absolute Gasteiger partial charge is 0.253 e. The van der Waals surface area contributed by atoms with E-state index < -0.39 is 5.60 Å². The van der Waals surface area contributed by atoms with Gasteiger partial charge in [-0.25, -0.2) is 0 Å². The maximum Gasteiger partial charge on any atom is 0.253 e. The first kappa shape index (κ1) is 15.2. The molecule has 2 amide bonds. The Morgan fingerprint density at radius 1 is 1.10 bits per heavy atom. The van der Waals surface area contributed by atoms with Crippen LogP contribution in [0.4, 0.5) is 0 Å². The van der Waals surface area contributed by atoms with E-state index in [0.29, 0.717) is 24.6 Å². The van der Waals surface area contributed by atoms with Crippen molar-refractivity contribution in [1.29, 1.82) is 0 Å². The van der Waals surface area contributed by atoms with Gasteiger partial charge in [0.2, 0.25) is 5.91 Å². The highest BCUT2D eigenvalue weighted by Crippen LogP contribution is 2.30. The molecule has 21 heavy (non-hydrogen) atoms. The normalized spacial score (nSPS) is 36.2. The van der Waals surface area contributed by atoms with Gasteiger partial charge >= 0.3 is 0 Å². The first-order valence-corrected chi connectivity index (χ1v) is 9.14. The van der Waals surface area contributed by atoms with Crippen LogP contribution >= 0.6 is 11.8 Å². The first-order valence-electron chi connectivity index (χ1n) is 7.98. The van der Waals surface area contributed by atoms with Crippen molar-refractivity contribution < 1.29 is 14.7 Å². The quantitative estimate of drug-likeness (QED) is 0.718. The summed E-state index contributed by atoms with van der Waals surface area (Å²) in [6.07, 6.45) is 6.20. The molecule has 3 aliphatic rings. The molecule has 3 N–H and O–H groups in total. The second-order valence-electron chi connectivity index (χ2n) is 6.65. The molecule has 1 saturated heterocycles. The van der Waals surface area contributed by atoms with Crippen LogP contribution in [0.25, 0.3) is 0 Å². The van der Waals surface area contributed by atoms with E-state index >= 15 is 0 Å². The van der Waals surface area contributed by atoms with E-state index in [1.165, 1.54) is 0 Å². The molecule has 0 aromatic heterocycles. The third-order valence-electron chi connectivity index (χ3n) is 4.73. The average Bonchev–Trinajstić information content (AvgIpc) is 3.17. The molecular formula is C15H24N2O3S. The summed E-state index contributed by atoms with van der Waals surface area (Å²) in [5.41, 5.74) is -1.20. The lowest BCUT2D eigenvalue weighted by atomic mass is 9.84. The van der Waals surface area contributed by atoms with Gasteiger partial charge in [0.05, 0.1) is 0 Å². The molecule has 118 valence electrons. The molecule has 2 saturated carbocycles. The highest BCUT2D eigenvalue weighted by Gasteiger charge is 2.41. The Morgan fingerprint density at radius 2 is 1.90 bits per heavy atom. The van der Waals surface area contributed by atoms with Crippen molar-refractivity contribution in [3.63, 3.8) is 0 Å². The third-order valence-corrected chi connectivity index (χ3v) is 5.90. The molecule has 0 spiro atoms. The number of rotatable bonds is 4. The first-order chi connectivity index (χ1) is 10.1. The van der Waals surface area contributed by atoms with E-state index in [4.69, 9.17) is 0 Å². The number of amides is 2. The second-order valence-corrected chi connectivity index (χ2v) is 7.76. The van der Waals surface area contributed by atoms with Gasteiger partial charge in [0.25, 0.3) is 5.91 Å². The van der Waals surface area contributed by atoms with Crippen LogP contribution in [0.2, 0.25) is 0 Å². The van der Waals surface area contributed by atoms with E-state index in [1.807, 2.05) is 0 Å². The number of carbonyl (C=O) groups is 2. The molecule has 3 rings (SSSR count). The summed E-state index contributed by atoms with van der Waals surface area (Å²) in [5.74, 6) is 1.22. The Kier molecular flexibility index (Phi) is 4.45. The van der Waals surface area contributed by atoms with E-state index in [2.05, 4.69) is 10.6 Å². The van der Waals surface area contributed by atoms with E-state index in [1.54, 1.807) is 11.8 Å². The summed E-state index contributed by atoms with van der Waals surface area (Å²) in [6, 6.07) is 0.416. The van der Waals surface area contributed by atoms with Crippen molar-refractivity contribution in [2.24, 2.45) is 5.92 Å². The number of hydrogen-bond donors (Lipinski definition) is 3. The molecule has 6 heteroatoms. The monoisotopic (exact) mass is 312 g/mol.